The maximum absolute atomic E-state index is 13.5. The summed E-state index contributed by atoms with van der Waals surface area (Å²) < 4.78 is 79.7. The van der Waals surface area contributed by atoms with Crippen LogP contribution in [-0.2, 0) is 26.8 Å². The second kappa shape index (κ2) is 11.1. The van der Waals surface area contributed by atoms with E-state index in [1.807, 2.05) is 30.3 Å². The summed E-state index contributed by atoms with van der Waals surface area (Å²) in [6, 6.07) is 18.4. The highest BCUT2D eigenvalue weighted by Crippen LogP contribution is 2.40. The monoisotopic (exact) mass is 589 g/mol. The minimum absolute atomic E-state index is 0.0834. The summed E-state index contributed by atoms with van der Waals surface area (Å²) in [4.78, 5) is 13.5. The van der Waals surface area contributed by atoms with Gasteiger partial charge in [0.05, 0.1) is 13.7 Å². The first-order chi connectivity index (χ1) is 19.2. The van der Waals surface area contributed by atoms with Gasteiger partial charge in [-0.2, -0.15) is 21.6 Å². The Labute approximate surface area is 236 Å². The van der Waals surface area contributed by atoms with E-state index in [1.54, 1.807) is 29.7 Å². The third-order valence-corrected chi connectivity index (χ3v) is 7.49. The van der Waals surface area contributed by atoms with E-state index in [-0.39, 0.29) is 24.3 Å². The van der Waals surface area contributed by atoms with Gasteiger partial charge in [0.1, 0.15) is 17.2 Å². The van der Waals surface area contributed by atoms with E-state index in [1.165, 1.54) is 19.2 Å². The molecule has 0 radical (unpaired) electrons. The van der Waals surface area contributed by atoms with Gasteiger partial charge in [0.25, 0.3) is 0 Å². The number of nitrogens with zero attached hydrogens (tertiary/aromatic N) is 1. The number of rotatable bonds is 8. The molecule has 0 amide bonds. The number of carbonyl (C=O) groups excluding carboxylic acids is 1. The summed E-state index contributed by atoms with van der Waals surface area (Å²) in [5.41, 5.74) is -2.38. The van der Waals surface area contributed by atoms with Crippen molar-refractivity contribution in [1.29, 1.82) is 0 Å². The number of halogens is 3. The third kappa shape index (κ3) is 6.19. The molecule has 0 bridgehead atoms. The molecule has 0 aliphatic rings. The zero-order valence-electron chi connectivity index (χ0n) is 23.2. The first kappa shape index (κ1) is 30.0. The fourth-order valence-corrected chi connectivity index (χ4v) is 4.97. The Hall–Kier alpha value is -3.99. The van der Waals surface area contributed by atoms with Crippen molar-refractivity contribution in [2.75, 3.05) is 13.7 Å². The average Bonchev–Trinajstić information content (AvgIpc) is 3.21. The van der Waals surface area contributed by atoms with Crippen LogP contribution in [0.25, 0.3) is 22.0 Å². The van der Waals surface area contributed by atoms with Gasteiger partial charge in [-0.05, 0) is 59.4 Å². The lowest BCUT2D eigenvalue weighted by Gasteiger charge is -2.19. The normalized spacial score (nSPS) is 12.4. The summed E-state index contributed by atoms with van der Waals surface area (Å²) >= 11 is 0. The summed E-state index contributed by atoms with van der Waals surface area (Å²) in [6.45, 7) is 8.09. The molecule has 4 aromatic rings. The van der Waals surface area contributed by atoms with Crippen LogP contribution < -0.4 is 8.92 Å². The molecule has 0 unspecified atom stereocenters. The lowest BCUT2D eigenvalue weighted by Crippen LogP contribution is -2.28. The fraction of sp³-hybridized carbons (Fsp3) is 0.300. The van der Waals surface area contributed by atoms with Gasteiger partial charge in [-0.15, -0.1) is 0 Å². The predicted octanol–water partition coefficient (Wildman–Crippen LogP) is 7.07. The maximum atomic E-state index is 13.5. The van der Waals surface area contributed by atoms with E-state index in [2.05, 4.69) is 25.0 Å². The number of benzene rings is 3. The van der Waals surface area contributed by atoms with E-state index in [0.29, 0.717) is 27.8 Å². The van der Waals surface area contributed by atoms with Crippen LogP contribution in [-0.4, -0.2) is 38.2 Å². The number of carbonyl (C=O) groups is 1. The highest BCUT2D eigenvalue weighted by atomic mass is 32.2. The van der Waals surface area contributed by atoms with E-state index >= 15 is 0 Å². The molecule has 0 spiro atoms. The second-order valence-electron chi connectivity index (χ2n) is 10.4. The van der Waals surface area contributed by atoms with Crippen molar-refractivity contribution in [2.45, 2.75) is 45.2 Å². The molecule has 0 saturated carbocycles. The van der Waals surface area contributed by atoms with Crippen molar-refractivity contribution in [2.24, 2.45) is 0 Å². The summed E-state index contributed by atoms with van der Waals surface area (Å²) in [5.74, 6) is -0.592. The van der Waals surface area contributed by atoms with Crippen molar-refractivity contribution < 1.29 is 40.0 Å². The van der Waals surface area contributed by atoms with Crippen molar-refractivity contribution in [3.8, 4) is 22.6 Å². The maximum Gasteiger partial charge on any atom is 0.534 e. The van der Waals surface area contributed by atoms with Gasteiger partial charge in [0.2, 0.25) is 0 Å². The molecule has 1 heterocycles. The summed E-state index contributed by atoms with van der Waals surface area (Å²) in [7, 11) is -4.38. The van der Waals surface area contributed by atoms with Crippen molar-refractivity contribution in [1.82, 2.24) is 4.57 Å². The molecular formula is C30H30F3NO6S. The van der Waals surface area contributed by atoms with Crippen molar-refractivity contribution >= 4 is 27.0 Å². The smallest absolute Gasteiger partial charge is 0.497 e. The van der Waals surface area contributed by atoms with Crippen LogP contribution in [0.4, 0.5) is 13.2 Å². The molecule has 0 N–H and O–H groups in total. The van der Waals surface area contributed by atoms with Crippen LogP contribution in [0.3, 0.4) is 0 Å². The Bertz CT molecular complexity index is 1680. The largest absolute Gasteiger partial charge is 0.534 e. The SMILES string of the molecule is CCOC(=O)c1c(-c2ccc(C(C)(C)C)cc2)c2cc(OS(=O)(=O)C(F)(F)F)ccc2n1Cc1cccc(OC)c1. The van der Waals surface area contributed by atoms with Crippen molar-refractivity contribution in [3.05, 3.63) is 83.6 Å². The van der Waals surface area contributed by atoms with Gasteiger partial charge in [0, 0.05) is 23.0 Å². The minimum atomic E-state index is -5.92. The molecular weight excluding hydrogens is 559 g/mol. The number of hydrogen-bond acceptors (Lipinski definition) is 6. The molecule has 218 valence electrons. The molecule has 11 heteroatoms. The van der Waals surface area contributed by atoms with Gasteiger partial charge in [-0.1, -0.05) is 57.2 Å². The lowest BCUT2D eigenvalue weighted by molar-refractivity contribution is -0.0500. The lowest BCUT2D eigenvalue weighted by atomic mass is 9.86. The number of hydrogen-bond donors (Lipinski definition) is 0. The highest BCUT2D eigenvalue weighted by Gasteiger charge is 2.48. The van der Waals surface area contributed by atoms with Gasteiger partial charge in [-0.25, -0.2) is 4.79 Å². The second-order valence-corrected chi connectivity index (χ2v) is 11.9. The molecule has 7 nitrogen and oxygen atoms in total. The average molecular weight is 590 g/mol. The van der Waals surface area contributed by atoms with Crippen LogP contribution in [0.1, 0.15) is 49.3 Å². The molecule has 41 heavy (non-hydrogen) atoms. The van der Waals surface area contributed by atoms with E-state index < -0.39 is 27.3 Å². The molecule has 3 aromatic carbocycles. The molecule has 0 aliphatic heterocycles. The molecule has 0 saturated heterocycles. The van der Waals surface area contributed by atoms with Crippen LogP contribution in [0.15, 0.2) is 66.7 Å². The molecule has 0 fully saturated rings. The number of alkyl halides is 3. The first-order valence-corrected chi connectivity index (χ1v) is 14.1. The van der Waals surface area contributed by atoms with E-state index in [4.69, 9.17) is 9.47 Å². The quantitative estimate of drug-likeness (QED) is 0.124. The Morgan fingerprint density at radius 3 is 2.20 bits per heavy atom. The topological polar surface area (TPSA) is 83.8 Å². The predicted molar refractivity (Wildman–Crippen MR) is 150 cm³/mol. The van der Waals surface area contributed by atoms with Crippen LogP contribution in [0.5, 0.6) is 11.5 Å². The zero-order valence-corrected chi connectivity index (χ0v) is 24.0. The van der Waals surface area contributed by atoms with Crippen LogP contribution in [0, 0.1) is 0 Å². The highest BCUT2D eigenvalue weighted by molar-refractivity contribution is 7.88. The fourth-order valence-electron chi connectivity index (χ4n) is 4.52. The number of methoxy groups -OCH3 is 1. The Balaban J connectivity index is 2.01. The van der Waals surface area contributed by atoms with E-state index in [9.17, 15) is 26.4 Å². The van der Waals surface area contributed by atoms with Gasteiger partial charge >= 0.3 is 21.6 Å². The first-order valence-electron chi connectivity index (χ1n) is 12.7. The van der Waals surface area contributed by atoms with Gasteiger partial charge in [0.15, 0.2) is 0 Å². The van der Waals surface area contributed by atoms with Crippen LogP contribution >= 0.6 is 0 Å². The number of fused-ring (bicyclic) bond motifs is 1. The Kier molecular flexibility index (Phi) is 8.13. The number of aromatic nitrogens is 1. The number of ether oxygens (including phenoxy) is 2. The molecule has 0 aliphatic carbocycles. The summed E-state index contributed by atoms with van der Waals surface area (Å²) in [6.07, 6.45) is 0. The summed E-state index contributed by atoms with van der Waals surface area (Å²) in [5, 5.41) is 0.314. The van der Waals surface area contributed by atoms with Gasteiger partial charge in [-0.3, -0.25) is 0 Å². The zero-order chi connectivity index (χ0) is 30.2. The number of esters is 1. The minimum Gasteiger partial charge on any atom is -0.497 e. The molecule has 1 aromatic heterocycles. The Morgan fingerprint density at radius 1 is 0.927 bits per heavy atom. The molecule has 0 atom stereocenters. The molecule has 4 rings (SSSR count). The standard InChI is InChI=1S/C30H30F3NO6S/c1-6-39-28(35)27-26(20-10-12-21(13-11-20)29(2,3)4)24-17-23(40-41(36,37)30(31,32)33)14-15-25(24)34(27)18-19-8-7-9-22(16-19)38-5/h7-17H,6,18H2,1-5H3. The van der Waals surface area contributed by atoms with Crippen LogP contribution in [0.2, 0.25) is 0 Å². The van der Waals surface area contributed by atoms with E-state index in [0.717, 1.165) is 17.2 Å². The third-order valence-electron chi connectivity index (χ3n) is 6.51. The van der Waals surface area contributed by atoms with Gasteiger partial charge < -0.3 is 18.2 Å². The Morgan fingerprint density at radius 2 is 1.61 bits per heavy atom. The van der Waals surface area contributed by atoms with Crippen molar-refractivity contribution in [3.63, 3.8) is 0 Å².